The smallest absolute Gasteiger partial charge is 0.241 e. The molecule has 1 aliphatic rings. The van der Waals surface area contributed by atoms with Crippen LogP contribution in [0.5, 0.6) is 0 Å². The van der Waals surface area contributed by atoms with E-state index in [1.807, 2.05) is 28.9 Å². The lowest BCUT2D eigenvalue weighted by atomic mass is 9.93. The molecule has 0 bridgehead atoms. The van der Waals surface area contributed by atoms with E-state index in [1.54, 1.807) is 0 Å². The summed E-state index contributed by atoms with van der Waals surface area (Å²) >= 11 is 6.40. The molecule has 0 aliphatic carbocycles. The summed E-state index contributed by atoms with van der Waals surface area (Å²) in [5.41, 5.74) is 9.30. The van der Waals surface area contributed by atoms with E-state index in [0.717, 1.165) is 17.0 Å². The molecule has 24 heavy (non-hydrogen) atoms. The Morgan fingerprint density at radius 1 is 1.17 bits per heavy atom. The number of fused-ring (bicyclic) bond motifs is 1. The van der Waals surface area contributed by atoms with Gasteiger partial charge in [0.15, 0.2) is 0 Å². The number of benzene rings is 2. The number of rotatable bonds is 2. The fraction of sp³-hybridized carbons (Fsp3) is 0.222. The highest BCUT2D eigenvalue weighted by atomic mass is 35.5. The molecule has 2 heterocycles. The van der Waals surface area contributed by atoms with Gasteiger partial charge in [-0.2, -0.15) is 4.98 Å². The molecule has 0 fully saturated rings. The van der Waals surface area contributed by atoms with Crippen LogP contribution < -0.4 is 11.1 Å². The lowest BCUT2D eigenvalue weighted by Crippen LogP contribution is -2.28. The molecule has 0 radical (unpaired) electrons. The van der Waals surface area contributed by atoms with E-state index in [0.29, 0.717) is 5.95 Å². The number of aromatic nitrogens is 3. The quantitative estimate of drug-likeness (QED) is 0.741. The maximum Gasteiger partial charge on any atom is 0.241 e. The van der Waals surface area contributed by atoms with E-state index < -0.39 is 0 Å². The van der Waals surface area contributed by atoms with Gasteiger partial charge in [-0.25, -0.2) is 4.68 Å². The zero-order valence-electron chi connectivity index (χ0n) is 13.3. The first-order valence-electron chi connectivity index (χ1n) is 7.91. The van der Waals surface area contributed by atoms with Crippen molar-refractivity contribution in [2.24, 2.45) is 0 Å². The lowest BCUT2D eigenvalue weighted by Gasteiger charge is -2.32. The van der Waals surface area contributed by atoms with Crippen molar-refractivity contribution in [3.05, 3.63) is 70.2 Å². The normalized spacial score (nSPS) is 19.6. The second-order valence-corrected chi connectivity index (χ2v) is 6.53. The van der Waals surface area contributed by atoms with Gasteiger partial charge in [0.2, 0.25) is 11.9 Å². The van der Waals surface area contributed by atoms with Crippen molar-refractivity contribution >= 4 is 23.5 Å². The number of nitrogen functional groups attached to an aromatic ring is 1. The number of nitrogens with two attached hydrogens (primary N) is 1. The standard InChI is InChI=1S/C18H18ClN5/c1-11-6-8-12(9-7-11)16-10-15(13-4-2-3-5-14(13)19)21-18-22-17(20)23-24(16)18/h2-9,15-16H,10H2,1H3,(H3,20,21,22,23)/t15-,16+/m1/s1. The van der Waals surface area contributed by atoms with Crippen molar-refractivity contribution in [1.82, 2.24) is 14.8 Å². The first-order valence-corrected chi connectivity index (χ1v) is 8.29. The minimum atomic E-state index is 0.0566. The van der Waals surface area contributed by atoms with Crippen LogP contribution in [0.25, 0.3) is 0 Å². The van der Waals surface area contributed by atoms with Crippen molar-refractivity contribution < 1.29 is 0 Å². The molecule has 3 aromatic rings. The number of hydrogen-bond acceptors (Lipinski definition) is 4. The van der Waals surface area contributed by atoms with Crippen molar-refractivity contribution in [3.8, 4) is 0 Å². The Bertz CT molecular complexity index is 871. The molecule has 1 aliphatic heterocycles. The number of anilines is 2. The molecule has 2 atom stereocenters. The summed E-state index contributed by atoms with van der Waals surface area (Å²) in [7, 11) is 0. The summed E-state index contributed by atoms with van der Waals surface area (Å²) in [6.07, 6.45) is 0.822. The van der Waals surface area contributed by atoms with E-state index >= 15 is 0 Å². The van der Waals surface area contributed by atoms with Gasteiger partial charge in [-0.3, -0.25) is 0 Å². The predicted octanol–water partition coefficient (Wildman–Crippen LogP) is 3.97. The van der Waals surface area contributed by atoms with Crippen molar-refractivity contribution in [2.75, 3.05) is 11.1 Å². The summed E-state index contributed by atoms with van der Waals surface area (Å²) in [6, 6.07) is 16.5. The fourth-order valence-corrected chi connectivity index (χ4v) is 3.49. The Labute approximate surface area is 145 Å². The van der Waals surface area contributed by atoms with Crippen LogP contribution >= 0.6 is 11.6 Å². The molecule has 1 aromatic heterocycles. The highest BCUT2D eigenvalue weighted by molar-refractivity contribution is 6.31. The zero-order valence-corrected chi connectivity index (χ0v) is 14.0. The van der Waals surface area contributed by atoms with Gasteiger partial charge in [0, 0.05) is 5.02 Å². The maximum atomic E-state index is 6.40. The van der Waals surface area contributed by atoms with Crippen molar-refractivity contribution in [1.29, 1.82) is 0 Å². The highest BCUT2D eigenvalue weighted by Gasteiger charge is 2.31. The van der Waals surface area contributed by atoms with Gasteiger partial charge in [-0.1, -0.05) is 59.6 Å². The average Bonchev–Trinajstić information content (AvgIpc) is 2.95. The van der Waals surface area contributed by atoms with Crippen LogP contribution in [0, 0.1) is 6.92 Å². The van der Waals surface area contributed by atoms with Crippen LogP contribution in [-0.4, -0.2) is 14.8 Å². The monoisotopic (exact) mass is 339 g/mol. The van der Waals surface area contributed by atoms with Crippen LogP contribution in [-0.2, 0) is 0 Å². The summed E-state index contributed by atoms with van der Waals surface area (Å²) in [5.74, 6) is 0.948. The SMILES string of the molecule is Cc1ccc([C@@H]2C[C@H](c3ccccc3Cl)Nc3nc(N)nn32)cc1. The van der Waals surface area contributed by atoms with Gasteiger partial charge in [0.1, 0.15) is 0 Å². The molecule has 0 unspecified atom stereocenters. The Hall–Kier alpha value is -2.53. The lowest BCUT2D eigenvalue weighted by molar-refractivity contribution is 0.431. The second-order valence-electron chi connectivity index (χ2n) is 6.12. The van der Waals surface area contributed by atoms with Gasteiger partial charge in [0.05, 0.1) is 12.1 Å². The number of aryl methyl sites for hydroxylation is 1. The zero-order chi connectivity index (χ0) is 16.7. The second kappa shape index (κ2) is 5.83. The summed E-state index contributed by atoms with van der Waals surface area (Å²) < 4.78 is 1.87. The van der Waals surface area contributed by atoms with Crippen LogP contribution in [0.2, 0.25) is 5.02 Å². The molecular weight excluding hydrogens is 322 g/mol. The van der Waals surface area contributed by atoms with E-state index in [1.165, 1.54) is 11.1 Å². The number of nitrogens with one attached hydrogen (secondary N) is 1. The summed E-state index contributed by atoms with van der Waals surface area (Å²) in [5, 5.41) is 8.53. The first-order chi connectivity index (χ1) is 11.6. The molecule has 4 rings (SSSR count). The number of hydrogen-bond donors (Lipinski definition) is 2. The predicted molar refractivity (Wildman–Crippen MR) is 96.2 cm³/mol. The van der Waals surface area contributed by atoms with Gasteiger partial charge >= 0.3 is 0 Å². The van der Waals surface area contributed by atoms with Gasteiger partial charge in [-0.05, 0) is 30.5 Å². The summed E-state index contributed by atoms with van der Waals surface area (Å²) in [6.45, 7) is 2.08. The van der Waals surface area contributed by atoms with Crippen LogP contribution in [0.4, 0.5) is 11.9 Å². The van der Waals surface area contributed by atoms with Gasteiger partial charge < -0.3 is 11.1 Å². The van der Waals surface area contributed by atoms with Crippen molar-refractivity contribution in [2.45, 2.75) is 25.4 Å². The molecule has 6 heteroatoms. The third kappa shape index (κ3) is 2.61. The Morgan fingerprint density at radius 2 is 1.92 bits per heavy atom. The van der Waals surface area contributed by atoms with Crippen LogP contribution in [0.3, 0.4) is 0 Å². The van der Waals surface area contributed by atoms with Crippen LogP contribution in [0.1, 0.15) is 35.2 Å². The van der Waals surface area contributed by atoms with Gasteiger partial charge in [0.25, 0.3) is 0 Å². The summed E-state index contributed by atoms with van der Waals surface area (Å²) in [4.78, 5) is 4.33. The average molecular weight is 340 g/mol. The third-order valence-electron chi connectivity index (χ3n) is 4.45. The highest BCUT2D eigenvalue weighted by Crippen LogP contribution is 2.39. The van der Waals surface area contributed by atoms with E-state index in [4.69, 9.17) is 17.3 Å². The Balaban J connectivity index is 1.78. The molecule has 122 valence electrons. The molecule has 2 aromatic carbocycles. The molecule has 5 nitrogen and oxygen atoms in total. The Morgan fingerprint density at radius 3 is 2.67 bits per heavy atom. The van der Waals surface area contributed by atoms with Crippen LogP contribution in [0.15, 0.2) is 48.5 Å². The van der Waals surface area contributed by atoms with Crippen molar-refractivity contribution in [3.63, 3.8) is 0 Å². The van der Waals surface area contributed by atoms with E-state index in [9.17, 15) is 0 Å². The van der Waals surface area contributed by atoms with Gasteiger partial charge in [-0.15, -0.1) is 5.10 Å². The molecule has 0 saturated heterocycles. The maximum absolute atomic E-state index is 6.40. The largest absolute Gasteiger partial charge is 0.366 e. The van der Waals surface area contributed by atoms with E-state index in [2.05, 4.69) is 46.6 Å². The fourth-order valence-electron chi connectivity index (χ4n) is 3.22. The number of halogens is 1. The molecule has 0 saturated carbocycles. The topological polar surface area (TPSA) is 68.8 Å². The minimum absolute atomic E-state index is 0.0566. The number of nitrogens with zero attached hydrogens (tertiary/aromatic N) is 3. The Kier molecular flexibility index (Phi) is 3.65. The third-order valence-corrected chi connectivity index (χ3v) is 4.79. The molecule has 3 N–H and O–H groups in total. The minimum Gasteiger partial charge on any atom is -0.366 e. The molecular formula is C18H18ClN5. The first kappa shape index (κ1) is 15.0. The molecule has 0 spiro atoms. The molecule has 0 amide bonds. The van der Waals surface area contributed by atoms with E-state index in [-0.39, 0.29) is 18.0 Å².